The summed E-state index contributed by atoms with van der Waals surface area (Å²) in [5, 5.41) is 22.8. The van der Waals surface area contributed by atoms with E-state index in [4.69, 9.17) is 16.3 Å². The lowest BCUT2D eigenvalue weighted by Crippen LogP contribution is -2.32. The number of hydrogen-bond donors (Lipinski definition) is 2. The van der Waals surface area contributed by atoms with Crippen LogP contribution in [-0.2, 0) is 4.74 Å². The highest BCUT2D eigenvalue weighted by molar-refractivity contribution is 6.35. The van der Waals surface area contributed by atoms with Crippen molar-refractivity contribution in [1.29, 1.82) is 0 Å². The number of benzene rings is 1. The predicted molar refractivity (Wildman–Crippen MR) is 68.6 cm³/mol. The van der Waals surface area contributed by atoms with Crippen molar-refractivity contribution in [3.05, 3.63) is 33.3 Å². The van der Waals surface area contributed by atoms with Crippen LogP contribution >= 0.6 is 11.6 Å². The van der Waals surface area contributed by atoms with Crippen molar-refractivity contribution in [2.45, 2.75) is 32.8 Å². The average Bonchev–Trinajstić information content (AvgIpc) is 2.17. The lowest BCUT2D eigenvalue weighted by Gasteiger charge is -2.25. The maximum Gasteiger partial charge on any atom is 0.290 e. The molecule has 1 aromatic rings. The molecule has 0 aliphatic rings. The molecule has 1 rings (SSSR count). The third-order valence-corrected chi connectivity index (χ3v) is 2.32. The largest absolute Gasteiger partial charge is 0.351 e. The molecular weight excluding hydrogens is 260 g/mol. The molecule has 0 spiro atoms. The smallest absolute Gasteiger partial charge is 0.290 e. The SMILES string of the molecule is CC(C)(C)OC(O)Nc1cccc([N+](=O)[O-])c1Cl. The van der Waals surface area contributed by atoms with Crippen molar-refractivity contribution in [2.75, 3.05) is 5.32 Å². The van der Waals surface area contributed by atoms with E-state index in [2.05, 4.69) is 5.32 Å². The Labute approximate surface area is 110 Å². The molecule has 0 saturated carbocycles. The molecule has 0 heterocycles. The number of anilines is 1. The molecule has 0 fully saturated rings. The topological polar surface area (TPSA) is 84.6 Å². The van der Waals surface area contributed by atoms with Crippen molar-refractivity contribution in [2.24, 2.45) is 0 Å². The highest BCUT2D eigenvalue weighted by Gasteiger charge is 2.20. The van der Waals surface area contributed by atoms with Gasteiger partial charge in [0.1, 0.15) is 5.02 Å². The Balaban J connectivity index is 2.85. The van der Waals surface area contributed by atoms with Gasteiger partial charge in [-0.2, -0.15) is 0 Å². The van der Waals surface area contributed by atoms with Crippen molar-refractivity contribution in [3.8, 4) is 0 Å². The molecular formula is C11H15ClN2O4. The minimum Gasteiger partial charge on any atom is -0.351 e. The van der Waals surface area contributed by atoms with E-state index in [9.17, 15) is 15.2 Å². The maximum absolute atomic E-state index is 10.7. The molecule has 6 nitrogen and oxygen atoms in total. The van der Waals surface area contributed by atoms with E-state index in [0.29, 0.717) is 0 Å². The lowest BCUT2D eigenvalue weighted by atomic mass is 10.2. The number of ether oxygens (including phenoxy) is 1. The first-order valence-electron chi connectivity index (χ1n) is 5.26. The van der Waals surface area contributed by atoms with Gasteiger partial charge in [-0.25, -0.2) is 0 Å². The van der Waals surface area contributed by atoms with E-state index < -0.39 is 16.9 Å². The summed E-state index contributed by atoms with van der Waals surface area (Å²) in [6, 6.07) is 4.27. The summed E-state index contributed by atoms with van der Waals surface area (Å²) in [5.41, 5.74) is -0.549. The summed E-state index contributed by atoms with van der Waals surface area (Å²) in [6.07, 6.45) is -1.30. The standard InChI is InChI=1S/C11H15ClN2O4/c1-11(2,3)18-10(15)13-7-5-4-6-8(9(7)12)14(16)17/h4-6,10,13,15H,1-3H3. The van der Waals surface area contributed by atoms with Crippen LogP contribution in [0.1, 0.15) is 20.8 Å². The first kappa shape index (κ1) is 14.7. The summed E-state index contributed by atoms with van der Waals surface area (Å²) < 4.78 is 5.21. The van der Waals surface area contributed by atoms with Gasteiger partial charge in [-0.05, 0) is 26.8 Å². The van der Waals surface area contributed by atoms with Gasteiger partial charge in [-0.15, -0.1) is 0 Å². The summed E-state index contributed by atoms with van der Waals surface area (Å²) in [4.78, 5) is 10.1. The molecule has 0 bridgehead atoms. The van der Waals surface area contributed by atoms with Gasteiger partial charge < -0.3 is 15.2 Å². The summed E-state index contributed by atoms with van der Waals surface area (Å²) in [6.45, 7) is 5.31. The van der Waals surface area contributed by atoms with Crippen LogP contribution < -0.4 is 5.32 Å². The molecule has 0 aliphatic heterocycles. The second-order valence-electron chi connectivity index (χ2n) is 4.62. The third-order valence-electron chi connectivity index (χ3n) is 1.92. The van der Waals surface area contributed by atoms with E-state index in [1.807, 2.05) is 0 Å². The van der Waals surface area contributed by atoms with Gasteiger partial charge in [0.25, 0.3) is 5.69 Å². The zero-order chi connectivity index (χ0) is 13.9. The monoisotopic (exact) mass is 274 g/mol. The summed E-state index contributed by atoms with van der Waals surface area (Å²) >= 11 is 5.85. The van der Waals surface area contributed by atoms with Crippen molar-refractivity contribution >= 4 is 23.0 Å². The first-order chi connectivity index (χ1) is 8.20. The highest BCUT2D eigenvalue weighted by atomic mass is 35.5. The fourth-order valence-corrected chi connectivity index (χ4v) is 1.52. The van der Waals surface area contributed by atoms with Gasteiger partial charge >= 0.3 is 0 Å². The van der Waals surface area contributed by atoms with E-state index in [-0.39, 0.29) is 16.4 Å². The van der Waals surface area contributed by atoms with Gasteiger partial charge in [-0.3, -0.25) is 10.1 Å². The van der Waals surface area contributed by atoms with Gasteiger partial charge in [0, 0.05) is 6.07 Å². The number of halogens is 1. The van der Waals surface area contributed by atoms with Gasteiger partial charge in [0.05, 0.1) is 16.2 Å². The van der Waals surface area contributed by atoms with Crippen molar-refractivity contribution < 1.29 is 14.8 Å². The Morgan fingerprint density at radius 3 is 2.61 bits per heavy atom. The molecule has 7 heteroatoms. The zero-order valence-electron chi connectivity index (χ0n) is 10.3. The minimum absolute atomic E-state index is 0.0703. The molecule has 0 aromatic heterocycles. The van der Waals surface area contributed by atoms with E-state index >= 15 is 0 Å². The Morgan fingerprint density at radius 2 is 2.11 bits per heavy atom. The van der Waals surface area contributed by atoms with Crippen LogP contribution in [-0.4, -0.2) is 22.0 Å². The molecule has 0 amide bonds. The number of nitrogens with one attached hydrogen (secondary N) is 1. The summed E-state index contributed by atoms with van der Waals surface area (Å²) in [7, 11) is 0. The van der Waals surface area contributed by atoms with Crippen LogP contribution in [0.5, 0.6) is 0 Å². The van der Waals surface area contributed by atoms with Crippen LogP contribution in [0, 0.1) is 10.1 Å². The third kappa shape index (κ3) is 4.14. The van der Waals surface area contributed by atoms with Crippen molar-refractivity contribution in [3.63, 3.8) is 0 Å². The molecule has 1 unspecified atom stereocenters. The number of aliphatic hydroxyl groups is 1. The number of nitro groups is 1. The highest BCUT2D eigenvalue weighted by Crippen LogP contribution is 2.32. The molecule has 0 saturated heterocycles. The van der Waals surface area contributed by atoms with Crippen LogP contribution in [0.15, 0.2) is 18.2 Å². The Kier molecular flexibility index (Phi) is 4.50. The molecule has 18 heavy (non-hydrogen) atoms. The number of hydrogen-bond acceptors (Lipinski definition) is 5. The van der Waals surface area contributed by atoms with E-state index in [1.54, 1.807) is 20.8 Å². The molecule has 0 radical (unpaired) electrons. The molecule has 1 aromatic carbocycles. The van der Waals surface area contributed by atoms with Gasteiger partial charge in [-0.1, -0.05) is 17.7 Å². The number of nitrogens with zero attached hydrogens (tertiary/aromatic N) is 1. The molecule has 2 N–H and O–H groups in total. The predicted octanol–water partition coefficient (Wildman–Crippen LogP) is 2.75. The van der Waals surface area contributed by atoms with E-state index in [1.165, 1.54) is 18.2 Å². The van der Waals surface area contributed by atoms with Crippen LogP contribution in [0.2, 0.25) is 5.02 Å². The van der Waals surface area contributed by atoms with Crippen LogP contribution in [0.25, 0.3) is 0 Å². The van der Waals surface area contributed by atoms with Crippen molar-refractivity contribution in [1.82, 2.24) is 0 Å². The van der Waals surface area contributed by atoms with Crippen LogP contribution in [0.3, 0.4) is 0 Å². The van der Waals surface area contributed by atoms with Crippen LogP contribution in [0.4, 0.5) is 11.4 Å². The first-order valence-corrected chi connectivity index (χ1v) is 5.64. The molecule has 1 atom stereocenters. The summed E-state index contributed by atoms with van der Waals surface area (Å²) in [5.74, 6) is 0. The fourth-order valence-electron chi connectivity index (χ4n) is 1.27. The quantitative estimate of drug-likeness (QED) is 0.501. The lowest BCUT2D eigenvalue weighted by molar-refractivity contribution is -0.384. The van der Waals surface area contributed by atoms with Gasteiger partial charge in [0.15, 0.2) is 0 Å². The number of aliphatic hydroxyl groups excluding tert-OH is 1. The zero-order valence-corrected chi connectivity index (χ0v) is 11.1. The minimum atomic E-state index is -1.30. The Hall–Kier alpha value is -1.37. The van der Waals surface area contributed by atoms with E-state index in [0.717, 1.165) is 0 Å². The maximum atomic E-state index is 10.7. The Bertz CT molecular complexity index is 445. The second-order valence-corrected chi connectivity index (χ2v) is 5.00. The average molecular weight is 275 g/mol. The Morgan fingerprint density at radius 1 is 1.50 bits per heavy atom. The second kappa shape index (κ2) is 5.51. The number of nitro benzene ring substituents is 1. The van der Waals surface area contributed by atoms with Gasteiger partial charge in [0.2, 0.25) is 6.41 Å². The number of rotatable bonds is 4. The fraction of sp³-hybridized carbons (Fsp3) is 0.455. The molecule has 100 valence electrons. The molecule has 0 aliphatic carbocycles. The normalized spacial score (nSPS) is 13.2.